The van der Waals surface area contributed by atoms with E-state index in [0.717, 1.165) is 5.56 Å². The molecule has 128 valence electrons. The highest BCUT2D eigenvalue weighted by molar-refractivity contribution is 7.80. The van der Waals surface area contributed by atoms with Gasteiger partial charge in [-0.05, 0) is 43.3 Å². The molecule has 1 rings (SSSR count). The summed E-state index contributed by atoms with van der Waals surface area (Å²) in [7, 11) is 4.66. The first-order valence-corrected chi connectivity index (χ1v) is 7.58. The topological polar surface area (TPSA) is 80.9 Å². The highest BCUT2D eigenvalue weighted by Gasteiger charge is 2.13. The van der Waals surface area contributed by atoms with Crippen LogP contribution in [0.4, 0.5) is 0 Å². The number of ether oxygens (including phenoxy) is 3. The molecule has 23 heavy (non-hydrogen) atoms. The van der Waals surface area contributed by atoms with E-state index in [-0.39, 0.29) is 5.91 Å². The van der Waals surface area contributed by atoms with Crippen molar-refractivity contribution in [3.8, 4) is 17.2 Å². The molecular weight excluding hydrogens is 318 g/mol. The molecule has 0 radical (unpaired) electrons. The number of carbonyl (C=O) groups excluding carboxylic acids is 1. The quantitative estimate of drug-likeness (QED) is 0.507. The van der Waals surface area contributed by atoms with Gasteiger partial charge in [-0.3, -0.25) is 15.6 Å². The third-order valence-electron chi connectivity index (χ3n) is 3.02. The Hall–Kier alpha value is -2.22. The van der Waals surface area contributed by atoms with Crippen molar-refractivity contribution >= 4 is 23.2 Å². The molecule has 0 saturated heterocycles. The predicted molar refractivity (Wildman–Crippen MR) is 92.0 cm³/mol. The molecule has 0 fully saturated rings. The second-order valence-electron chi connectivity index (χ2n) is 4.57. The standard InChI is InChI=1S/C15H23N3O4S/c1-5-16-15(23)18-17-13(19)7-6-10-8-11(20-2)14(22-4)12(9-10)21-3/h8-9H,5-7H2,1-4H3,(H,17,19)(H2,16,18,23). The minimum Gasteiger partial charge on any atom is -0.493 e. The van der Waals surface area contributed by atoms with E-state index in [1.165, 1.54) is 0 Å². The second-order valence-corrected chi connectivity index (χ2v) is 4.97. The fourth-order valence-corrected chi connectivity index (χ4v) is 2.13. The lowest BCUT2D eigenvalue weighted by molar-refractivity contribution is -0.121. The van der Waals surface area contributed by atoms with Crippen LogP contribution >= 0.6 is 12.2 Å². The highest BCUT2D eigenvalue weighted by Crippen LogP contribution is 2.38. The van der Waals surface area contributed by atoms with Gasteiger partial charge in [-0.1, -0.05) is 0 Å². The van der Waals surface area contributed by atoms with Crippen LogP contribution in [-0.4, -0.2) is 38.9 Å². The van der Waals surface area contributed by atoms with Gasteiger partial charge in [-0.2, -0.15) is 0 Å². The Kier molecular flexibility index (Phi) is 7.96. The molecule has 1 aromatic carbocycles. The maximum absolute atomic E-state index is 11.8. The van der Waals surface area contributed by atoms with Crippen LogP contribution in [0.2, 0.25) is 0 Å². The molecule has 0 spiro atoms. The van der Waals surface area contributed by atoms with Crippen molar-refractivity contribution in [1.29, 1.82) is 0 Å². The molecule has 0 unspecified atom stereocenters. The lowest BCUT2D eigenvalue weighted by atomic mass is 10.1. The minimum atomic E-state index is -0.168. The molecule has 8 heteroatoms. The van der Waals surface area contributed by atoms with Gasteiger partial charge >= 0.3 is 0 Å². The van der Waals surface area contributed by atoms with Gasteiger partial charge in [0.25, 0.3) is 0 Å². The van der Waals surface area contributed by atoms with E-state index in [2.05, 4.69) is 16.2 Å². The van der Waals surface area contributed by atoms with Crippen LogP contribution in [0.3, 0.4) is 0 Å². The minimum absolute atomic E-state index is 0.168. The van der Waals surface area contributed by atoms with Gasteiger partial charge in [0.15, 0.2) is 16.6 Å². The molecule has 0 aliphatic heterocycles. The van der Waals surface area contributed by atoms with Crippen molar-refractivity contribution in [2.75, 3.05) is 27.9 Å². The van der Waals surface area contributed by atoms with Crippen molar-refractivity contribution in [2.24, 2.45) is 0 Å². The lowest BCUT2D eigenvalue weighted by Crippen LogP contribution is -2.46. The van der Waals surface area contributed by atoms with Gasteiger partial charge < -0.3 is 19.5 Å². The molecular formula is C15H23N3O4S. The number of carbonyl (C=O) groups is 1. The number of nitrogens with one attached hydrogen (secondary N) is 3. The molecule has 0 atom stereocenters. The summed E-state index contributed by atoms with van der Waals surface area (Å²) in [6, 6.07) is 3.65. The number of hydrogen-bond acceptors (Lipinski definition) is 5. The molecule has 0 aromatic heterocycles. The van der Waals surface area contributed by atoms with Gasteiger partial charge in [-0.25, -0.2) is 0 Å². The third kappa shape index (κ3) is 5.82. The Morgan fingerprint density at radius 1 is 1.09 bits per heavy atom. The normalized spacial score (nSPS) is 9.74. The Labute approximate surface area is 141 Å². The monoisotopic (exact) mass is 341 g/mol. The first kappa shape index (κ1) is 18.8. The van der Waals surface area contributed by atoms with Crippen LogP contribution < -0.4 is 30.4 Å². The zero-order chi connectivity index (χ0) is 17.2. The van der Waals surface area contributed by atoms with Gasteiger partial charge in [-0.15, -0.1) is 0 Å². The maximum atomic E-state index is 11.8. The van der Waals surface area contributed by atoms with E-state index in [9.17, 15) is 4.79 Å². The predicted octanol–water partition coefficient (Wildman–Crippen LogP) is 1.16. The van der Waals surface area contributed by atoms with E-state index in [4.69, 9.17) is 26.4 Å². The number of aryl methyl sites for hydroxylation is 1. The van der Waals surface area contributed by atoms with Crippen LogP contribution in [0.25, 0.3) is 0 Å². The number of amides is 1. The Morgan fingerprint density at radius 2 is 1.70 bits per heavy atom. The third-order valence-corrected chi connectivity index (χ3v) is 3.26. The number of benzene rings is 1. The number of methoxy groups -OCH3 is 3. The average molecular weight is 341 g/mol. The number of rotatable bonds is 7. The summed E-state index contributed by atoms with van der Waals surface area (Å²) < 4.78 is 15.8. The van der Waals surface area contributed by atoms with Crippen LogP contribution in [0.1, 0.15) is 18.9 Å². The fourth-order valence-electron chi connectivity index (χ4n) is 1.93. The first-order valence-electron chi connectivity index (χ1n) is 7.17. The molecule has 0 aliphatic rings. The SMILES string of the molecule is CCNC(=S)NNC(=O)CCc1cc(OC)c(OC)c(OC)c1. The van der Waals surface area contributed by atoms with E-state index in [1.807, 2.05) is 19.1 Å². The molecule has 1 aromatic rings. The van der Waals surface area contributed by atoms with Crippen molar-refractivity contribution in [2.45, 2.75) is 19.8 Å². The Morgan fingerprint density at radius 3 is 2.17 bits per heavy atom. The van der Waals surface area contributed by atoms with Crippen LogP contribution in [-0.2, 0) is 11.2 Å². The van der Waals surface area contributed by atoms with E-state index < -0.39 is 0 Å². The van der Waals surface area contributed by atoms with Crippen LogP contribution in [0.15, 0.2) is 12.1 Å². The van der Waals surface area contributed by atoms with Crippen molar-refractivity contribution < 1.29 is 19.0 Å². The fraction of sp³-hybridized carbons (Fsp3) is 0.467. The summed E-state index contributed by atoms with van der Waals surface area (Å²) in [5, 5.41) is 3.26. The van der Waals surface area contributed by atoms with Crippen molar-refractivity contribution in [3.63, 3.8) is 0 Å². The van der Waals surface area contributed by atoms with E-state index in [0.29, 0.717) is 41.7 Å². The molecule has 3 N–H and O–H groups in total. The summed E-state index contributed by atoms with van der Waals surface area (Å²) in [4.78, 5) is 11.8. The number of hydrazine groups is 1. The van der Waals surface area contributed by atoms with Gasteiger partial charge in [0.05, 0.1) is 21.3 Å². The molecule has 0 aliphatic carbocycles. The Balaban J connectivity index is 2.63. The van der Waals surface area contributed by atoms with Crippen molar-refractivity contribution in [3.05, 3.63) is 17.7 Å². The lowest BCUT2D eigenvalue weighted by Gasteiger charge is -2.14. The smallest absolute Gasteiger partial charge is 0.238 e. The van der Waals surface area contributed by atoms with Crippen molar-refractivity contribution in [1.82, 2.24) is 16.2 Å². The molecule has 1 amide bonds. The van der Waals surface area contributed by atoms with E-state index in [1.54, 1.807) is 21.3 Å². The summed E-state index contributed by atoms with van der Waals surface area (Å²) >= 11 is 4.96. The molecule has 0 bridgehead atoms. The zero-order valence-corrected chi connectivity index (χ0v) is 14.6. The van der Waals surface area contributed by atoms with Crippen LogP contribution in [0, 0.1) is 0 Å². The van der Waals surface area contributed by atoms with Gasteiger partial charge in [0, 0.05) is 13.0 Å². The first-order chi connectivity index (χ1) is 11.0. The van der Waals surface area contributed by atoms with Gasteiger partial charge in [0.1, 0.15) is 0 Å². The zero-order valence-electron chi connectivity index (χ0n) is 13.8. The summed E-state index contributed by atoms with van der Waals surface area (Å²) in [6.07, 6.45) is 0.818. The number of thiocarbonyl (C=S) groups is 1. The average Bonchev–Trinajstić information content (AvgIpc) is 2.57. The Bertz CT molecular complexity index is 527. The molecule has 7 nitrogen and oxygen atoms in total. The summed E-state index contributed by atoms with van der Waals surface area (Å²) in [6.45, 7) is 2.60. The second kappa shape index (κ2) is 9.73. The number of hydrogen-bond donors (Lipinski definition) is 3. The van der Waals surface area contributed by atoms with Gasteiger partial charge in [0.2, 0.25) is 11.7 Å². The largest absolute Gasteiger partial charge is 0.493 e. The highest BCUT2D eigenvalue weighted by atomic mass is 32.1. The molecule has 0 saturated carbocycles. The molecule has 0 heterocycles. The summed E-state index contributed by atoms with van der Waals surface area (Å²) in [5.41, 5.74) is 6.08. The summed E-state index contributed by atoms with van der Waals surface area (Å²) in [5.74, 6) is 1.49. The van der Waals surface area contributed by atoms with Crippen LogP contribution in [0.5, 0.6) is 17.2 Å². The maximum Gasteiger partial charge on any atom is 0.238 e. The van der Waals surface area contributed by atoms with E-state index >= 15 is 0 Å².